The molecule has 0 aliphatic heterocycles. The maximum absolute atomic E-state index is 13.1. The molecular weight excluding hydrogens is 493 g/mol. The molecule has 12 heteroatoms. The number of benzene rings is 2. The Morgan fingerprint density at radius 1 is 1.06 bits per heavy atom. The highest BCUT2D eigenvalue weighted by Crippen LogP contribution is 2.36. The number of hydrogen-bond donors (Lipinski definition) is 2. The highest BCUT2D eigenvalue weighted by Gasteiger charge is 2.34. The van der Waals surface area contributed by atoms with E-state index in [-0.39, 0.29) is 17.3 Å². The lowest BCUT2D eigenvalue weighted by Crippen LogP contribution is -2.19. The topological polar surface area (TPSA) is 93.1 Å². The molecule has 4 aromatic rings. The van der Waals surface area contributed by atoms with Crippen LogP contribution in [0, 0.1) is 0 Å². The SMILES string of the molecule is CNC(=O)c1cc(-n2ccc3cc(NS(=O)(=O)c4ccc(Cl)c(C(F)(F)F)c4)ccc32)ccn1. The number of nitrogens with one attached hydrogen (secondary N) is 2. The first-order valence-electron chi connectivity index (χ1n) is 9.69. The Balaban J connectivity index is 1.66. The van der Waals surface area contributed by atoms with Gasteiger partial charge < -0.3 is 9.88 Å². The average Bonchev–Trinajstić information content (AvgIpc) is 3.21. The number of carbonyl (C=O) groups excluding carboxylic acids is 1. The van der Waals surface area contributed by atoms with Crippen LogP contribution in [0.5, 0.6) is 0 Å². The van der Waals surface area contributed by atoms with Crippen molar-refractivity contribution < 1.29 is 26.4 Å². The normalized spacial score (nSPS) is 12.0. The Kier molecular flexibility index (Phi) is 6.00. The summed E-state index contributed by atoms with van der Waals surface area (Å²) in [7, 11) is -2.81. The van der Waals surface area contributed by atoms with Crippen molar-refractivity contribution in [3.05, 3.63) is 83.3 Å². The molecular formula is C22H16ClF3N4O3S. The molecule has 176 valence electrons. The van der Waals surface area contributed by atoms with E-state index in [2.05, 4.69) is 15.0 Å². The van der Waals surface area contributed by atoms with Crippen molar-refractivity contribution >= 4 is 44.1 Å². The lowest BCUT2D eigenvalue weighted by molar-refractivity contribution is -0.137. The van der Waals surface area contributed by atoms with Gasteiger partial charge >= 0.3 is 6.18 Å². The Morgan fingerprint density at radius 2 is 1.82 bits per heavy atom. The zero-order valence-electron chi connectivity index (χ0n) is 17.4. The van der Waals surface area contributed by atoms with Crippen LogP contribution in [0.3, 0.4) is 0 Å². The maximum atomic E-state index is 13.1. The van der Waals surface area contributed by atoms with Crippen LogP contribution in [0.4, 0.5) is 18.9 Å². The highest BCUT2D eigenvalue weighted by molar-refractivity contribution is 7.92. The highest BCUT2D eigenvalue weighted by atomic mass is 35.5. The van der Waals surface area contributed by atoms with Crippen molar-refractivity contribution in [2.45, 2.75) is 11.1 Å². The Hall–Kier alpha value is -3.57. The lowest BCUT2D eigenvalue weighted by Gasteiger charge is -2.13. The monoisotopic (exact) mass is 508 g/mol. The second-order valence-electron chi connectivity index (χ2n) is 7.18. The molecule has 0 saturated heterocycles. The molecule has 0 fully saturated rings. The lowest BCUT2D eigenvalue weighted by atomic mass is 10.2. The first kappa shape index (κ1) is 23.6. The number of sulfonamides is 1. The zero-order chi connectivity index (χ0) is 24.7. The summed E-state index contributed by atoms with van der Waals surface area (Å²) in [4.78, 5) is 15.3. The summed E-state index contributed by atoms with van der Waals surface area (Å²) in [5, 5.41) is 2.57. The van der Waals surface area contributed by atoms with Gasteiger partial charge in [-0.3, -0.25) is 14.5 Å². The molecule has 0 saturated carbocycles. The smallest absolute Gasteiger partial charge is 0.354 e. The van der Waals surface area contributed by atoms with Crippen LogP contribution < -0.4 is 10.0 Å². The summed E-state index contributed by atoms with van der Waals surface area (Å²) in [5.74, 6) is -0.342. The van der Waals surface area contributed by atoms with Crippen molar-refractivity contribution in [3.8, 4) is 5.69 Å². The fourth-order valence-electron chi connectivity index (χ4n) is 3.36. The quantitative estimate of drug-likeness (QED) is 0.403. The molecule has 0 bridgehead atoms. The van der Waals surface area contributed by atoms with Crippen LogP contribution in [0.15, 0.2) is 71.9 Å². The van der Waals surface area contributed by atoms with Gasteiger partial charge in [-0.05, 0) is 54.6 Å². The van der Waals surface area contributed by atoms with E-state index in [1.165, 1.54) is 19.3 Å². The van der Waals surface area contributed by atoms with E-state index in [4.69, 9.17) is 11.6 Å². The molecule has 0 radical (unpaired) electrons. The molecule has 0 aliphatic rings. The predicted molar refractivity (Wildman–Crippen MR) is 122 cm³/mol. The third-order valence-electron chi connectivity index (χ3n) is 4.98. The number of halogens is 4. The minimum absolute atomic E-state index is 0.162. The van der Waals surface area contributed by atoms with Gasteiger partial charge in [0.2, 0.25) is 0 Å². The molecule has 2 aromatic heterocycles. The van der Waals surface area contributed by atoms with Gasteiger partial charge in [0.1, 0.15) is 5.69 Å². The number of pyridine rings is 1. The minimum atomic E-state index is -4.80. The van der Waals surface area contributed by atoms with E-state index in [9.17, 15) is 26.4 Å². The summed E-state index contributed by atoms with van der Waals surface area (Å²) < 4.78 is 68.9. The van der Waals surface area contributed by atoms with E-state index in [0.717, 1.165) is 12.1 Å². The minimum Gasteiger partial charge on any atom is -0.354 e. The molecule has 0 atom stereocenters. The number of alkyl halides is 3. The number of carbonyl (C=O) groups is 1. The Labute approximate surface area is 197 Å². The van der Waals surface area contributed by atoms with Crippen LogP contribution in [0.25, 0.3) is 16.6 Å². The molecule has 0 spiro atoms. The number of rotatable bonds is 5. The number of hydrogen-bond acceptors (Lipinski definition) is 4. The van der Waals surface area contributed by atoms with E-state index in [1.807, 2.05) is 0 Å². The molecule has 34 heavy (non-hydrogen) atoms. The van der Waals surface area contributed by atoms with Crippen molar-refractivity contribution in [2.24, 2.45) is 0 Å². The zero-order valence-corrected chi connectivity index (χ0v) is 19.0. The summed E-state index contributed by atoms with van der Waals surface area (Å²) in [6.45, 7) is 0. The maximum Gasteiger partial charge on any atom is 0.417 e. The van der Waals surface area contributed by atoms with Gasteiger partial charge in [-0.15, -0.1) is 0 Å². The van der Waals surface area contributed by atoms with Gasteiger partial charge in [-0.1, -0.05) is 11.6 Å². The molecule has 0 aliphatic carbocycles. The van der Waals surface area contributed by atoms with Crippen LogP contribution >= 0.6 is 11.6 Å². The van der Waals surface area contributed by atoms with E-state index >= 15 is 0 Å². The third kappa shape index (κ3) is 4.57. The van der Waals surface area contributed by atoms with Gasteiger partial charge in [0.05, 0.1) is 21.0 Å². The van der Waals surface area contributed by atoms with E-state index < -0.39 is 31.7 Å². The second-order valence-corrected chi connectivity index (χ2v) is 9.27. The molecule has 7 nitrogen and oxygen atoms in total. The number of aromatic nitrogens is 2. The van der Waals surface area contributed by atoms with Crippen LogP contribution in [0.1, 0.15) is 16.1 Å². The summed E-state index contributed by atoms with van der Waals surface area (Å²) in [5.41, 5.74) is 0.528. The molecule has 0 unspecified atom stereocenters. The van der Waals surface area contributed by atoms with Crippen molar-refractivity contribution in [2.75, 3.05) is 11.8 Å². The number of amides is 1. The molecule has 4 rings (SSSR count). The fourth-order valence-corrected chi connectivity index (χ4v) is 4.66. The fraction of sp³-hybridized carbons (Fsp3) is 0.0909. The van der Waals surface area contributed by atoms with E-state index in [1.54, 1.807) is 41.1 Å². The largest absolute Gasteiger partial charge is 0.417 e. The van der Waals surface area contributed by atoms with Crippen LogP contribution in [-0.4, -0.2) is 30.9 Å². The van der Waals surface area contributed by atoms with E-state index in [0.29, 0.717) is 22.7 Å². The van der Waals surface area contributed by atoms with Crippen molar-refractivity contribution in [3.63, 3.8) is 0 Å². The Morgan fingerprint density at radius 3 is 2.53 bits per heavy atom. The number of anilines is 1. The van der Waals surface area contributed by atoms with Crippen LogP contribution in [0.2, 0.25) is 5.02 Å². The molecule has 1 amide bonds. The van der Waals surface area contributed by atoms with Gasteiger partial charge in [0, 0.05) is 36.2 Å². The number of nitrogens with zero attached hydrogens (tertiary/aromatic N) is 2. The van der Waals surface area contributed by atoms with Crippen molar-refractivity contribution in [1.29, 1.82) is 0 Å². The third-order valence-corrected chi connectivity index (χ3v) is 6.69. The van der Waals surface area contributed by atoms with Gasteiger partial charge in [-0.25, -0.2) is 8.42 Å². The van der Waals surface area contributed by atoms with Gasteiger partial charge in [-0.2, -0.15) is 13.2 Å². The molecule has 2 heterocycles. The standard InChI is InChI=1S/C22H16ClF3N4O3S/c1-27-21(31)19-11-15(6-8-28-19)30-9-7-13-10-14(2-5-20(13)30)29-34(32,33)16-3-4-18(23)17(12-16)22(24,25)26/h2-12,29H,1H3,(H,27,31). The van der Waals surface area contributed by atoms with Crippen LogP contribution in [-0.2, 0) is 16.2 Å². The summed E-state index contributed by atoms with van der Waals surface area (Å²) in [6.07, 6.45) is -1.56. The van der Waals surface area contributed by atoms with Gasteiger partial charge in [0.15, 0.2) is 0 Å². The van der Waals surface area contributed by atoms with Gasteiger partial charge in [0.25, 0.3) is 15.9 Å². The number of fused-ring (bicyclic) bond motifs is 1. The molecule has 2 aromatic carbocycles. The first-order valence-corrected chi connectivity index (χ1v) is 11.5. The molecule has 2 N–H and O–H groups in total. The van der Waals surface area contributed by atoms with Crippen molar-refractivity contribution in [1.82, 2.24) is 14.9 Å². The first-order chi connectivity index (χ1) is 16.0. The second kappa shape index (κ2) is 8.65. The Bertz CT molecular complexity index is 1520. The summed E-state index contributed by atoms with van der Waals surface area (Å²) >= 11 is 5.58. The predicted octanol–water partition coefficient (Wildman–Crippen LogP) is 4.86. The average molecular weight is 509 g/mol. The summed E-state index contributed by atoms with van der Waals surface area (Å²) in [6, 6.07) is 12.1.